The Morgan fingerprint density at radius 1 is 1.00 bits per heavy atom. The minimum absolute atomic E-state index is 0.0750. The lowest BCUT2D eigenvalue weighted by Crippen LogP contribution is -2.27. The first-order valence-corrected chi connectivity index (χ1v) is 7.94. The van der Waals surface area contributed by atoms with E-state index in [9.17, 15) is 13.6 Å². The van der Waals surface area contributed by atoms with Gasteiger partial charge in [-0.2, -0.15) is 0 Å². The smallest absolute Gasteiger partial charge is 0.270 e. The topological polar surface area (TPSA) is 66.9 Å². The van der Waals surface area contributed by atoms with Crippen LogP contribution in [0, 0.1) is 11.6 Å². The summed E-state index contributed by atoms with van der Waals surface area (Å²) in [5.41, 5.74) is 0.659. The number of benzene rings is 2. The monoisotopic (exact) mass is 354 g/mol. The Labute approximate surface area is 149 Å². The molecule has 0 aliphatic rings. The van der Waals surface area contributed by atoms with Gasteiger partial charge in [-0.15, -0.1) is 0 Å². The van der Waals surface area contributed by atoms with Crippen LogP contribution in [0.4, 0.5) is 20.4 Å². The SMILES string of the molecule is CC(NC(=O)c1ccnc(Nc2c(F)cccc2F)n1)c1ccccc1. The van der Waals surface area contributed by atoms with Gasteiger partial charge in [-0.3, -0.25) is 4.79 Å². The van der Waals surface area contributed by atoms with Crippen molar-refractivity contribution in [2.75, 3.05) is 5.32 Å². The molecule has 2 N–H and O–H groups in total. The normalized spacial score (nSPS) is 11.7. The Hall–Kier alpha value is -3.35. The molecule has 0 aliphatic heterocycles. The summed E-state index contributed by atoms with van der Waals surface area (Å²) in [5, 5.41) is 5.29. The molecule has 0 saturated heterocycles. The van der Waals surface area contributed by atoms with Crippen LogP contribution in [0.15, 0.2) is 60.8 Å². The molecule has 1 unspecified atom stereocenters. The number of carbonyl (C=O) groups excluding carboxylic acids is 1. The van der Waals surface area contributed by atoms with Gasteiger partial charge in [0.25, 0.3) is 5.91 Å². The van der Waals surface area contributed by atoms with Gasteiger partial charge in [-0.05, 0) is 30.7 Å². The predicted octanol–water partition coefficient (Wildman–Crippen LogP) is 3.99. The van der Waals surface area contributed by atoms with Crippen LogP contribution in [-0.2, 0) is 0 Å². The quantitative estimate of drug-likeness (QED) is 0.727. The minimum atomic E-state index is -0.777. The Bertz CT molecular complexity index is 898. The van der Waals surface area contributed by atoms with Crippen molar-refractivity contribution in [3.63, 3.8) is 0 Å². The van der Waals surface area contributed by atoms with Crippen LogP contribution in [0.3, 0.4) is 0 Å². The lowest BCUT2D eigenvalue weighted by Gasteiger charge is -2.14. The molecule has 1 atom stereocenters. The van der Waals surface area contributed by atoms with Gasteiger partial charge < -0.3 is 10.6 Å². The average molecular weight is 354 g/mol. The number of aromatic nitrogens is 2. The van der Waals surface area contributed by atoms with Crippen molar-refractivity contribution in [2.24, 2.45) is 0 Å². The van der Waals surface area contributed by atoms with Crippen LogP contribution in [-0.4, -0.2) is 15.9 Å². The molecule has 0 spiro atoms. The molecule has 1 aromatic heterocycles. The summed E-state index contributed by atoms with van der Waals surface area (Å²) in [7, 11) is 0. The second kappa shape index (κ2) is 7.69. The average Bonchev–Trinajstić information content (AvgIpc) is 2.66. The summed E-state index contributed by atoms with van der Waals surface area (Å²) in [6, 6.07) is 14.1. The van der Waals surface area contributed by atoms with E-state index in [1.807, 2.05) is 37.3 Å². The number of halogens is 2. The molecule has 3 rings (SSSR count). The molecular weight excluding hydrogens is 338 g/mol. The molecule has 1 heterocycles. The van der Waals surface area contributed by atoms with Crippen LogP contribution < -0.4 is 10.6 Å². The van der Waals surface area contributed by atoms with Crippen LogP contribution in [0.5, 0.6) is 0 Å². The zero-order valence-electron chi connectivity index (χ0n) is 13.9. The van der Waals surface area contributed by atoms with E-state index in [1.165, 1.54) is 18.3 Å². The van der Waals surface area contributed by atoms with Gasteiger partial charge in [-0.1, -0.05) is 36.4 Å². The number of para-hydroxylation sites is 1. The molecule has 7 heteroatoms. The van der Waals surface area contributed by atoms with Crippen LogP contribution in [0.1, 0.15) is 29.0 Å². The molecule has 2 aromatic carbocycles. The van der Waals surface area contributed by atoms with Crippen molar-refractivity contribution in [3.05, 3.63) is 83.7 Å². The van der Waals surface area contributed by atoms with E-state index in [0.717, 1.165) is 17.7 Å². The van der Waals surface area contributed by atoms with Crippen molar-refractivity contribution in [1.29, 1.82) is 0 Å². The zero-order valence-corrected chi connectivity index (χ0v) is 13.9. The number of nitrogens with zero attached hydrogens (tertiary/aromatic N) is 2. The maximum atomic E-state index is 13.7. The van der Waals surface area contributed by atoms with E-state index in [1.54, 1.807) is 0 Å². The lowest BCUT2D eigenvalue weighted by atomic mass is 10.1. The van der Waals surface area contributed by atoms with Crippen LogP contribution in [0.25, 0.3) is 0 Å². The highest BCUT2D eigenvalue weighted by atomic mass is 19.1. The fourth-order valence-electron chi connectivity index (χ4n) is 2.37. The molecule has 0 fully saturated rings. The molecule has 132 valence electrons. The molecule has 0 radical (unpaired) electrons. The summed E-state index contributed by atoms with van der Waals surface area (Å²) in [6.45, 7) is 1.85. The number of hydrogen-bond acceptors (Lipinski definition) is 4. The summed E-state index contributed by atoms with van der Waals surface area (Å²) < 4.78 is 27.4. The third-order valence-corrected chi connectivity index (χ3v) is 3.73. The Kier molecular flexibility index (Phi) is 5.17. The number of amides is 1. The second-order valence-corrected chi connectivity index (χ2v) is 5.59. The van der Waals surface area contributed by atoms with Gasteiger partial charge in [0.05, 0.1) is 6.04 Å². The van der Waals surface area contributed by atoms with E-state index in [4.69, 9.17) is 0 Å². The zero-order chi connectivity index (χ0) is 18.5. The molecule has 0 bridgehead atoms. The molecule has 0 aliphatic carbocycles. The third kappa shape index (κ3) is 4.00. The first-order chi connectivity index (χ1) is 12.5. The lowest BCUT2D eigenvalue weighted by molar-refractivity contribution is 0.0935. The van der Waals surface area contributed by atoms with E-state index < -0.39 is 17.5 Å². The molecular formula is C19H16F2N4O. The number of anilines is 2. The fourth-order valence-corrected chi connectivity index (χ4v) is 2.37. The van der Waals surface area contributed by atoms with Crippen molar-refractivity contribution in [2.45, 2.75) is 13.0 Å². The summed E-state index contributed by atoms with van der Waals surface area (Å²) >= 11 is 0. The summed E-state index contributed by atoms with van der Waals surface area (Å²) in [4.78, 5) is 20.3. The maximum absolute atomic E-state index is 13.7. The summed E-state index contributed by atoms with van der Waals surface area (Å²) in [6.07, 6.45) is 1.34. The Morgan fingerprint density at radius 2 is 1.69 bits per heavy atom. The predicted molar refractivity (Wildman–Crippen MR) is 94.0 cm³/mol. The highest BCUT2D eigenvalue weighted by Crippen LogP contribution is 2.21. The number of rotatable bonds is 5. The van der Waals surface area contributed by atoms with Gasteiger partial charge in [0.15, 0.2) is 0 Å². The van der Waals surface area contributed by atoms with Crippen LogP contribution >= 0.6 is 0 Å². The maximum Gasteiger partial charge on any atom is 0.270 e. The van der Waals surface area contributed by atoms with Gasteiger partial charge in [0.1, 0.15) is 23.0 Å². The number of carbonyl (C=O) groups is 1. The van der Waals surface area contributed by atoms with Gasteiger partial charge in [0, 0.05) is 6.20 Å². The largest absolute Gasteiger partial charge is 0.344 e. The van der Waals surface area contributed by atoms with E-state index in [0.29, 0.717) is 0 Å². The van der Waals surface area contributed by atoms with E-state index in [2.05, 4.69) is 20.6 Å². The number of nitrogens with one attached hydrogen (secondary N) is 2. The van der Waals surface area contributed by atoms with Gasteiger partial charge in [0.2, 0.25) is 5.95 Å². The second-order valence-electron chi connectivity index (χ2n) is 5.59. The highest BCUT2D eigenvalue weighted by Gasteiger charge is 2.15. The first kappa shape index (κ1) is 17.5. The molecule has 26 heavy (non-hydrogen) atoms. The molecule has 0 saturated carbocycles. The standard InChI is InChI=1S/C19H16F2N4O/c1-12(13-6-3-2-4-7-13)23-18(26)16-10-11-22-19(24-16)25-17-14(20)8-5-9-15(17)21/h2-12H,1H3,(H,23,26)(H,22,24,25). The summed E-state index contributed by atoms with van der Waals surface area (Å²) in [5.74, 6) is -2.04. The fraction of sp³-hybridized carbons (Fsp3) is 0.105. The van der Waals surface area contributed by atoms with Crippen molar-refractivity contribution in [3.8, 4) is 0 Å². The van der Waals surface area contributed by atoms with E-state index >= 15 is 0 Å². The molecule has 1 amide bonds. The van der Waals surface area contributed by atoms with Gasteiger partial charge in [-0.25, -0.2) is 18.7 Å². The molecule has 3 aromatic rings. The van der Waals surface area contributed by atoms with Gasteiger partial charge >= 0.3 is 0 Å². The highest BCUT2D eigenvalue weighted by molar-refractivity contribution is 5.92. The first-order valence-electron chi connectivity index (χ1n) is 7.94. The molecule has 5 nitrogen and oxygen atoms in total. The van der Waals surface area contributed by atoms with E-state index in [-0.39, 0.29) is 23.4 Å². The van der Waals surface area contributed by atoms with Crippen LogP contribution in [0.2, 0.25) is 0 Å². The third-order valence-electron chi connectivity index (χ3n) is 3.73. The van der Waals surface area contributed by atoms with Crippen molar-refractivity contribution < 1.29 is 13.6 Å². The van der Waals surface area contributed by atoms with Crippen molar-refractivity contribution >= 4 is 17.5 Å². The number of hydrogen-bond donors (Lipinski definition) is 2. The Morgan fingerprint density at radius 3 is 2.38 bits per heavy atom. The van der Waals surface area contributed by atoms with Crippen molar-refractivity contribution in [1.82, 2.24) is 15.3 Å². The Balaban J connectivity index is 1.75. The minimum Gasteiger partial charge on any atom is -0.344 e.